The van der Waals surface area contributed by atoms with Gasteiger partial charge in [0.25, 0.3) is 0 Å². The zero-order chi connectivity index (χ0) is 42.3. The van der Waals surface area contributed by atoms with Gasteiger partial charge in [-0.15, -0.1) is 0 Å². The fraction of sp³-hybridized carbons (Fsp3) is 0.444. The number of β-amino-alcohol motifs (C(OH)–C–C–N with tert-alkyl or cyclic N) is 1. The van der Waals surface area contributed by atoms with Gasteiger partial charge in [-0.25, -0.2) is 0 Å². The molecule has 0 amide bonds. The van der Waals surface area contributed by atoms with E-state index in [0.717, 1.165) is 88.8 Å². The molecule has 2 N–H and O–H groups in total. The van der Waals surface area contributed by atoms with Gasteiger partial charge in [0, 0.05) is 62.6 Å². The standard InChI is InChI=1S/C21H23ClF3NO2.C21H21ClF3NO2.CH4O.2CH4.B.Na.H/c2*22-18-7-3-16(4-8-18)20(27)13-26-11-1-2-15(12-26)14-28-19-9-5-17(6-10-19)21(23,24)25;1-2;;;;;/h3-10,15,20,27H,1-2,11-14H2;3-10,15H,1-2,11-14H2;2H,1H3;2*1H4;;;/q;;;;;;+1;-1. The van der Waals surface area contributed by atoms with Gasteiger partial charge in [-0.05, 0) is 129 Å². The molecule has 2 heterocycles. The van der Waals surface area contributed by atoms with E-state index in [1.54, 1.807) is 36.4 Å². The molecular formula is C45H57BCl2F6N2NaO5. The molecule has 0 saturated carbocycles. The van der Waals surface area contributed by atoms with E-state index in [0.29, 0.717) is 53.4 Å². The van der Waals surface area contributed by atoms with Gasteiger partial charge in [0.05, 0.1) is 37.0 Å². The number of carbonyl (C=O) groups excluding carboxylic acids is 1. The van der Waals surface area contributed by atoms with Crippen LogP contribution in [0.5, 0.6) is 11.5 Å². The van der Waals surface area contributed by atoms with Crippen LogP contribution in [0, 0.1) is 11.8 Å². The number of likely N-dealkylation sites (tertiary alicyclic amines) is 2. The molecule has 0 spiro atoms. The Hall–Kier alpha value is -2.79. The second kappa shape index (κ2) is 28.9. The van der Waals surface area contributed by atoms with E-state index in [-0.39, 0.29) is 71.9 Å². The van der Waals surface area contributed by atoms with Crippen LogP contribution in [0.4, 0.5) is 26.3 Å². The monoisotopic (exact) mass is 923 g/mol. The zero-order valence-corrected chi connectivity index (χ0v) is 37.1. The summed E-state index contributed by atoms with van der Waals surface area (Å²) in [6.07, 6.45) is -5.37. The van der Waals surface area contributed by atoms with Gasteiger partial charge in [0.15, 0.2) is 5.78 Å². The summed E-state index contributed by atoms with van der Waals surface area (Å²) < 4.78 is 87.0. The number of aliphatic hydroxyl groups is 2. The Bertz CT molecular complexity index is 1840. The number of carbonyl (C=O) groups is 1. The minimum Gasteiger partial charge on any atom is -1.00 e. The van der Waals surface area contributed by atoms with E-state index < -0.39 is 29.6 Å². The minimum absolute atomic E-state index is 0. The van der Waals surface area contributed by atoms with Crippen molar-refractivity contribution in [2.24, 2.45) is 11.8 Å². The van der Waals surface area contributed by atoms with Crippen molar-refractivity contribution >= 4 is 37.4 Å². The van der Waals surface area contributed by atoms with Crippen LogP contribution < -0.4 is 39.0 Å². The predicted molar refractivity (Wildman–Crippen MR) is 233 cm³/mol. The molecule has 2 fully saturated rings. The van der Waals surface area contributed by atoms with E-state index in [1.807, 2.05) is 12.1 Å². The van der Waals surface area contributed by atoms with Crippen LogP contribution in [0.3, 0.4) is 0 Å². The quantitative estimate of drug-likeness (QED) is 0.0845. The maximum atomic E-state index is 12.6. The number of rotatable bonds is 12. The van der Waals surface area contributed by atoms with Crippen molar-refractivity contribution in [3.8, 4) is 11.5 Å². The average Bonchev–Trinajstić information content (AvgIpc) is 3.21. The first kappa shape index (κ1) is 59.2. The van der Waals surface area contributed by atoms with Crippen molar-refractivity contribution in [1.82, 2.24) is 9.80 Å². The van der Waals surface area contributed by atoms with Crippen molar-refractivity contribution in [1.29, 1.82) is 0 Å². The van der Waals surface area contributed by atoms with Gasteiger partial charge in [0.2, 0.25) is 0 Å². The summed E-state index contributed by atoms with van der Waals surface area (Å²) in [6, 6.07) is 23.5. The molecule has 2 saturated heterocycles. The van der Waals surface area contributed by atoms with Crippen molar-refractivity contribution in [3.05, 3.63) is 129 Å². The van der Waals surface area contributed by atoms with Crippen LogP contribution in [0.15, 0.2) is 97.1 Å². The number of hydrogen-bond donors (Lipinski definition) is 2. The molecule has 3 radical (unpaired) electrons. The third-order valence-electron chi connectivity index (χ3n) is 9.76. The number of nitrogens with zero attached hydrogens (tertiary/aromatic N) is 2. The van der Waals surface area contributed by atoms with Crippen molar-refractivity contribution in [3.63, 3.8) is 0 Å². The molecule has 3 unspecified atom stereocenters. The molecule has 2 aliphatic heterocycles. The Balaban J connectivity index is 0. The number of aliphatic hydroxyl groups excluding tert-OH is 2. The number of alkyl halides is 6. The van der Waals surface area contributed by atoms with Crippen LogP contribution in [-0.2, 0) is 12.4 Å². The third kappa shape index (κ3) is 19.9. The van der Waals surface area contributed by atoms with E-state index in [1.165, 1.54) is 24.3 Å². The molecule has 62 heavy (non-hydrogen) atoms. The second-order valence-electron chi connectivity index (χ2n) is 14.2. The van der Waals surface area contributed by atoms with Crippen molar-refractivity contribution in [2.75, 3.05) is 59.6 Å². The SMILES string of the molecule is C.C.CO.O=C(CN1CCCC(COc2ccc(C(F)(F)F)cc2)C1)c1ccc(Cl)cc1.OC(CN1CCCC(COc2ccc(C(F)(F)F)cc2)C1)c1ccc(Cl)cc1.[B].[H-].[Na+]. The Morgan fingerprint density at radius 3 is 1.50 bits per heavy atom. The maximum absolute atomic E-state index is 12.6. The van der Waals surface area contributed by atoms with Crippen LogP contribution in [-0.4, -0.2) is 93.8 Å². The summed E-state index contributed by atoms with van der Waals surface area (Å²) in [5.74, 6) is 1.40. The molecule has 0 aliphatic carbocycles. The van der Waals surface area contributed by atoms with Gasteiger partial charge < -0.3 is 26.0 Å². The molecule has 4 aromatic carbocycles. The van der Waals surface area contributed by atoms with E-state index in [2.05, 4.69) is 9.80 Å². The molecular weight excluding hydrogens is 867 g/mol. The average molecular weight is 925 g/mol. The summed E-state index contributed by atoms with van der Waals surface area (Å²) in [6.45, 7) is 4.97. The minimum atomic E-state index is -4.35. The molecule has 337 valence electrons. The Morgan fingerprint density at radius 2 is 1.08 bits per heavy atom. The van der Waals surface area contributed by atoms with E-state index in [4.69, 9.17) is 37.8 Å². The summed E-state index contributed by atoms with van der Waals surface area (Å²) >= 11 is 11.7. The first-order valence-electron chi connectivity index (χ1n) is 18.8. The maximum Gasteiger partial charge on any atom is 1.00 e. The van der Waals surface area contributed by atoms with E-state index in [9.17, 15) is 36.2 Å². The fourth-order valence-corrected chi connectivity index (χ4v) is 7.01. The molecule has 17 heteroatoms. The topological polar surface area (TPSA) is 82.5 Å². The van der Waals surface area contributed by atoms with Crippen LogP contribution in [0.1, 0.15) is 75.1 Å². The van der Waals surface area contributed by atoms with Crippen LogP contribution in [0.25, 0.3) is 0 Å². The van der Waals surface area contributed by atoms with Crippen molar-refractivity contribution in [2.45, 2.75) is 59.0 Å². The normalized spacial score (nSPS) is 17.0. The van der Waals surface area contributed by atoms with Gasteiger partial charge in [-0.3, -0.25) is 9.69 Å². The molecule has 3 atom stereocenters. The number of Topliss-reactive ketones (excluding diaryl/α,β-unsaturated/α-hetero) is 1. The molecule has 2 aliphatic rings. The Labute approximate surface area is 398 Å². The number of ketones is 1. The number of piperidine rings is 2. The van der Waals surface area contributed by atoms with E-state index >= 15 is 0 Å². The fourth-order valence-electron chi connectivity index (χ4n) is 6.76. The van der Waals surface area contributed by atoms with Crippen LogP contribution in [0.2, 0.25) is 10.0 Å². The van der Waals surface area contributed by atoms with Gasteiger partial charge in [-0.1, -0.05) is 50.2 Å². The third-order valence-corrected chi connectivity index (χ3v) is 10.3. The summed E-state index contributed by atoms with van der Waals surface area (Å²) in [5.41, 5.74) is 0.0873. The predicted octanol–water partition coefficient (Wildman–Crippen LogP) is 8.13. The summed E-state index contributed by atoms with van der Waals surface area (Å²) in [5, 5.41) is 18.7. The number of benzene rings is 4. The first-order valence-corrected chi connectivity index (χ1v) is 19.6. The Morgan fingerprint density at radius 1 is 0.694 bits per heavy atom. The molecule has 4 aromatic rings. The van der Waals surface area contributed by atoms with Gasteiger partial charge in [-0.2, -0.15) is 26.3 Å². The molecule has 7 nitrogen and oxygen atoms in total. The molecule has 0 bridgehead atoms. The molecule has 0 aromatic heterocycles. The summed E-state index contributed by atoms with van der Waals surface area (Å²) in [4.78, 5) is 16.7. The van der Waals surface area contributed by atoms with Gasteiger partial charge >= 0.3 is 41.9 Å². The largest absolute Gasteiger partial charge is 1.00 e. The summed E-state index contributed by atoms with van der Waals surface area (Å²) in [7, 11) is 1.00. The Kier molecular flexibility index (Phi) is 27.6. The zero-order valence-electron chi connectivity index (χ0n) is 34.6. The molecule has 6 rings (SSSR count). The van der Waals surface area contributed by atoms with Gasteiger partial charge in [0.1, 0.15) is 11.5 Å². The second-order valence-corrected chi connectivity index (χ2v) is 15.0. The smallest absolute Gasteiger partial charge is 1.00 e. The van der Waals surface area contributed by atoms with Crippen molar-refractivity contribution < 1.29 is 81.8 Å². The van der Waals surface area contributed by atoms with Crippen LogP contribution >= 0.6 is 23.2 Å². The first-order chi connectivity index (χ1) is 27.6. The number of ether oxygens (including phenoxy) is 2. The number of hydrogen-bond acceptors (Lipinski definition) is 7. The number of halogens is 8.